The molecule has 5 aromatic rings. The summed E-state index contributed by atoms with van der Waals surface area (Å²) >= 11 is 0. The highest BCUT2D eigenvalue weighted by Gasteiger charge is 2.28. The Hall–Kier alpha value is -4.31. The molecule has 4 aromatic heterocycles. The second-order valence-corrected chi connectivity index (χ2v) is 7.42. The quantitative estimate of drug-likeness (QED) is 0.423. The van der Waals surface area contributed by atoms with Crippen molar-refractivity contribution in [3.63, 3.8) is 0 Å². The Morgan fingerprint density at radius 1 is 0.935 bits per heavy atom. The van der Waals surface area contributed by atoms with E-state index >= 15 is 0 Å². The largest absolute Gasteiger partial charge is 0.251 e. The predicted octanol–water partition coefficient (Wildman–Crippen LogP) is 3.18. The van der Waals surface area contributed by atoms with Crippen molar-refractivity contribution < 1.29 is 0 Å². The first-order valence-electron chi connectivity index (χ1n) is 10.1. The van der Waals surface area contributed by atoms with Gasteiger partial charge in [-0.15, -0.1) is 0 Å². The molecule has 0 N–H and O–H groups in total. The molecule has 1 aromatic carbocycles. The molecule has 1 unspecified atom stereocenters. The van der Waals surface area contributed by atoms with E-state index in [-0.39, 0.29) is 0 Å². The fraction of sp³-hybridized carbons (Fsp3) is 0.125. The van der Waals surface area contributed by atoms with E-state index in [4.69, 9.17) is 5.10 Å². The number of aryl methyl sites for hydroxylation is 1. The van der Waals surface area contributed by atoms with Crippen molar-refractivity contribution in [2.45, 2.75) is 18.8 Å². The zero-order valence-corrected chi connectivity index (χ0v) is 16.6. The molecule has 0 amide bonds. The Morgan fingerprint density at radius 2 is 1.87 bits per heavy atom. The van der Waals surface area contributed by atoms with Crippen LogP contribution in [0, 0.1) is 11.8 Å². The van der Waals surface area contributed by atoms with Crippen LogP contribution >= 0.6 is 0 Å². The SMILES string of the molecule is C(#Cc1cnc2cccnn12)c1ccnc(-n2cc3c(n2)C(c2ccccc2)CC3)n1. The zero-order valence-electron chi connectivity index (χ0n) is 16.6. The molecule has 7 heteroatoms. The van der Waals surface area contributed by atoms with Crippen molar-refractivity contribution in [1.82, 2.24) is 34.3 Å². The molecule has 148 valence electrons. The summed E-state index contributed by atoms with van der Waals surface area (Å²) in [7, 11) is 0. The van der Waals surface area contributed by atoms with Gasteiger partial charge in [0.2, 0.25) is 0 Å². The summed E-state index contributed by atoms with van der Waals surface area (Å²) in [6.45, 7) is 0. The number of hydrogen-bond donors (Lipinski definition) is 0. The van der Waals surface area contributed by atoms with Crippen LogP contribution in [0.25, 0.3) is 11.6 Å². The highest BCUT2D eigenvalue weighted by atomic mass is 15.3. The number of fused-ring (bicyclic) bond motifs is 2. The monoisotopic (exact) mass is 403 g/mol. The van der Waals surface area contributed by atoms with Gasteiger partial charge in [0.1, 0.15) is 11.4 Å². The second-order valence-electron chi connectivity index (χ2n) is 7.42. The maximum Gasteiger partial charge on any atom is 0.251 e. The number of benzene rings is 1. The second kappa shape index (κ2) is 7.18. The van der Waals surface area contributed by atoms with Crippen LogP contribution in [0.3, 0.4) is 0 Å². The fourth-order valence-corrected chi connectivity index (χ4v) is 4.03. The molecular weight excluding hydrogens is 386 g/mol. The van der Waals surface area contributed by atoms with Crippen LogP contribution in [-0.2, 0) is 6.42 Å². The highest BCUT2D eigenvalue weighted by Crippen LogP contribution is 2.37. The molecule has 31 heavy (non-hydrogen) atoms. The molecule has 6 rings (SSSR count). The maximum absolute atomic E-state index is 4.83. The third-order valence-electron chi connectivity index (χ3n) is 5.50. The lowest BCUT2D eigenvalue weighted by Crippen LogP contribution is -2.05. The van der Waals surface area contributed by atoms with Crippen molar-refractivity contribution in [2.24, 2.45) is 0 Å². The summed E-state index contributed by atoms with van der Waals surface area (Å²) in [5.41, 5.74) is 5.75. The van der Waals surface area contributed by atoms with E-state index in [1.807, 2.05) is 24.4 Å². The molecule has 1 aliphatic carbocycles. The first-order valence-corrected chi connectivity index (χ1v) is 10.1. The van der Waals surface area contributed by atoms with E-state index in [9.17, 15) is 0 Å². The van der Waals surface area contributed by atoms with Crippen LogP contribution in [0.15, 0.2) is 73.3 Å². The Bertz CT molecular complexity index is 1450. The Balaban J connectivity index is 1.32. The first-order chi connectivity index (χ1) is 15.3. The third-order valence-corrected chi connectivity index (χ3v) is 5.50. The molecule has 0 saturated heterocycles. The van der Waals surface area contributed by atoms with E-state index in [2.05, 4.69) is 56.2 Å². The standard InChI is InChI=1S/C24H17N7/c1-2-5-17(6-3-1)21-11-8-18-16-30(29-23(18)21)24-25-14-12-19(28-24)9-10-20-15-26-22-7-4-13-27-31(20)22/h1-7,12-16,21H,8,11H2. The van der Waals surface area contributed by atoms with E-state index in [0.29, 0.717) is 23.3 Å². The summed E-state index contributed by atoms with van der Waals surface area (Å²) in [6, 6.07) is 16.1. The van der Waals surface area contributed by atoms with Gasteiger partial charge >= 0.3 is 0 Å². The topological polar surface area (TPSA) is 73.8 Å². The minimum Gasteiger partial charge on any atom is -0.234 e. The van der Waals surface area contributed by atoms with Gasteiger partial charge < -0.3 is 0 Å². The molecule has 1 atom stereocenters. The lowest BCUT2D eigenvalue weighted by Gasteiger charge is -2.09. The van der Waals surface area contributed by atoms with Crippen LogP contribution in [-0.4, -0.2) is 34.3 Å². The summed E-state index contributed by atoms with van der Waals surface area (Å²) in [5.74, 6) is 7.03. The van der Waals surface area contributed by atoms with E-state index < -0.39 is 0 Å². The molecule has 0 saturated carbocycles. The molecular formula is C24H17N7. The van der Waals surface area contributed by atoms with Crippen molar-refractivity contribution in [1.29, 1.82) is 0 Å². The lowest BCUT2D eigenvalue weighted by atomic mass is 9.97. The number of nitrogens with zero attached hydrogens (tertiary/aromatic N) is 7. The number of aromatic nitrogens is 7. The number of hydrogen-bond acceptors (Lipinski definition) is 5. The van der Waals surface area contributed by atoms with Gasteiger partial charge in [0.05, 0.1) is 11.9 Å². The highest BCUT2D eigenvalue weighted by molar-refractivity contribution is 5.45. The Labute approximate surface area is 178 Å². The van der Waals surface area contributed by atoms with E-state index in [1.54, 1.807) is 33.9 Å². The summed E-state index contributed by atoms with van der Waals surface area (Å²) in [5, 5.41) is 9.11. The lowest BCUT2D eigenvalue weighted by molar-refractivity contribution is 0.710. The van der Waals surface area contributed by atoms with Crippen molar-refractivity contribution in [3.8, 4) is 17.8 Å². The number of imidazole rings is 1. The normalized spacial score (nSPS) is 14.9. The van der Waals surface area contributed by atoms with Crippen LogP contribution in [0.4, 0.5) is 0 Å². The summed E-state index contributed by atoms with van der Waals surface area (Å²) in [4.78, 5) is 13.3. The van der Waals surface area contributed by atoms with Crippen LogP contribution in [0.1, 0.15) is 40.5 Å². The minimum absolute atomic E-state index is 0.322. The van der Waals surface area contributed by atoms with Gasteiger partial charge in [-0.25, -0.2) is 24.1 Å². The Kier molecular flexibility index (Phi) is 4.06. The average Bonchev–Trinajstić information content (AvgIpc) is 3.53. The van der Waals surface area contributed by atoms with Gasteiger partial charge in [0.15, 0.2) is 5.65 Å². The van der Waals surface area contributed by atoms with Crippen molar-refractivity contribution in [2.75, 3.05) is 0 Å². The zero-order chi connectivity index (χ0) is 20.6. The van der Waals surface area contributed by atoms with Crippen LogP contribution < -0.4 is 0 Å². The third kappa shape index (κ3) is 3.15. The number of rotatable bonds is 2. The summed E-state index contributed by atoms with van der Waals surface area (Å²) in [6.07, 6.45) is 9.26. The van der Waals surface area contributed by atoms with Gasteiger partial charge in [-0.1, -0.05) is 30.3 Å². The molecule has 7 nitrogen and oxygen atoms in total. The van der Waals surface area contributed by atoms with Gasteiger partial charge in [0.25, 0.3) is 5.95 Å². The molecule has 4 heterocycles. The van der Waals surface area contributed by atoms with Crippen molar-refractivity contribution in [3.05, 3.63) is 102 Å². The molecule has 0 spiro atoms. The average molecular weight is 403 g/mol. The molecule has 0 aliphatic heterocycles. The molecule has 0 radical (unpaired) electrons. The minimum atomic E-state index is 0.322. The molecule has 0 fully saturated rings. The van der Waals surface area contributed by atoms with Gasteiger partial charge in [0, 0.05) is 24.5 Å². The summed E-state index contributed by atoms with van der Waals surface area (Å²) < 4.78 is 3.47. The Morgan fingerprint density at radius 3 is 2.81 bits per heavy atom. The van der Waals surface area contributed by atoms with Gasteiger partial charge in [-0.05, 0) is 54.0 Å². The van der Waals surface area contributed by atoms with Crippen LogP contribution in [0.5, 0.6) is 0 Å². The predicted molar refractivity (Wildman–Crippen MR) is 115 cm³/mol. The van der Waals surface area contributed by atoms with Crippen molar-refractivity contribution >= 4 is 5.65 Å². The smallest absolute Gasteiger partial charge is 0.234 e. The van der Waals surface area contributed by atoms with Gasteiger partial charge in [-0.3, -0.25) is 0 Å². The fourth-order valence-electron chi connectivity index (χ4n) is 4.03. The first kappa shape index (κ1) is 17.5. The molecule has 1 aliphatic rings. The van der Waals surface area contributed by atoms with Gasteiger partial charge in [-0.2, -0.15) is 10.2 Å². The van der Waals surface area contributed by atoms with Crippen LogP contribution in [0.2, 0.25) is 0 Å². The van der Waals surface area contributed by atoms with E-state index in [0.717, 1.165) is 24.2 Å². The van der Waals surface area contributed by atoms with E-state index in [1.165, 1.54) is 11.1 Å². The maximum atomic E-state index is 4.83. The molecule has 0 bridgehead atoms.